The maximum Gasteiger partial charge on any atom is 0.278 e. The second kappa shape index (κ2) is 12.0. The molecular weight excluding hydrogens is 516 g/mol. The Balaban J connectivity index is 0.00000165. The Morgan fingerprint density at radius 3 is 2.61 bits per heavy atom. The van der Waals surface area contributed by atoms with Crippen molar-refractivity contribution < 1.29 is 5.11 Å². The molecule has 2 N–H and O–H groups in total. The Bertz CT molecular complexity index is 1510. The van der Waals surface area contributed by atoms with E-state index in [1.165, 1.54) is 5.69 Å². The van der Waals surface area contributed by atoms with Crippen LogP contribution in [0.1, 0.15) is 52.6 Å². The number of aliphatic hydroxyl groups is 1. The molecule has 1 saturated carbocycles. The van der Waals surface area contributed by atoms with E-state index >= 15 is 0 Å². The molecule has 41 heavy (non-hydrogen) atoms. The van der Waals surface area contributed by atoms with Gasteiger partial charge in [-0.3, -0.25) is 9.79 Å². The molecule has 218 valence electrons. The van der Waals surface area contributed by atoms with Crippen LogP contribution in [0, 0.1) is 0 Å². The summed E-state index contributed by atoms with van der Waals surface area (Å²) in [6, 6.07) is 8.28. The van der Waals surface area contributed by atoms with E-state index in [1.54, 1.807) is 17.0 Å². The van der Waals surface area contributed by atoms with Crippen LogP contribution in [0.4, 0.5) is 17.3 Å². The molecule has 2 fully saturated rings. The number of benzene rings is 1. The Morgan fingerprint density at radius 1 is 1.17 bits per heavy atom. The lowest BCUT2D eigenvalue weighted by atomic mass is 9.79. The zero-order chi connectivity index (χ0) is 29.1. The number of fused-ring (bicyclic) bond motifs is 2. The molecule has 2 aromatic heterocycles. The molecule has 0 bridgehead atoms. The average Bonchev–Trinajstić information content (AvgIpc) is 3.25. The lowest BCUT2D eigenvalue weighted by Crippen LogP contribution is -2.44. The highest BCUT2D eigenvalue weighted by atomic mass is 16.3. The average molecular weight is 559 g/mol. The van der Waals surface area contributed by atoms with E-state index in [0.717, 1.165) is 56.0 Å². The minimum atomic E-state index is -0.979. The fraction of sp³-hybridized carbons (Fsp3) is 0.484. The van der Waals surface area contributed by atoms with Gasteiger partial charge in [-0.15, -0.1) is 6.58 Å². The van der Waals surface area contributed by atoms with Crippen molar-refractivity contribution in [2.45, 2.75) is 64.8 Å². The number of piperazine rings is 1. The summed E-state index contributed by atoms with van der Waals surface area (Å²) in [7, 11) is 2.15. The maximum absolute atomic E-state index is 13.3. The van der Waals surface area contributed by atoms with Crippen molar-refractivity contribution in [1.82, 2.24) is 24.2 Å². The molecule has 2 unspecified atom stereocenters. The van der Waals surface area contributed by atoms with E-state index in [2.05, 4.69) is 51.9 Å². The Kier molecular flexibility index (Phi) is 8.42. The van der Waals surface area contributed by atoms with Crippen molar-refractivity contribution in [3.05, 3.63) is 65.1 Å². The summed E-state index contributed by atoms with van der Waals surface area (Å²) in [6.07, 6.45) is 8.17. The molecule has 0 spiro atoms. The van der Waals surface area contributed by atoms with Crippen molar-refractivity contribution >= 4 is 34.1 Å². The fourth-order valence-corrected chi connectivity index (χ4v) is 5.88. The SMILES string of the molecule is C=CCn1c(=O)c2cnc(Nc3ccc(N4CCN(C)CC4)cc3)nc2n1C1CC=C2CCCC(C)(O)C2=N1.CC. The number of hydrogen-bond acceptors (Lipinski definition) is 8. The van der Waals surface area contributed by atoms with Crippen molar-refractivity contribution in [3.63, 3.8) is 0 Å². The number of hydrogen-bond donors (Lipinski definition) is 2. The first kappa shape index (κ1) is 28.8. The lowest BCUT2D eigenvalue weighted by Gasteiger charge is -2.35. The number of rotatable bonds is 6. The second-order valence-corrected chi connectivity index (χ2v) is 11.0. The standard InChI is InChI=1S/C29H36N8O2.C2H6/c1-4-14-36-27(38)23-19-30-28(31-21-8-10-22(11-9-21)35-17-15-34(3)16-18-35)33-26(23)37(36)24-12-7-20-6-5-13-29(2,39)25(20)32-24;1-2/h4,7-11,19,24,39H,1,5-6,12-18H2,2-3H3,(H,30,31,33);1-2H3. The van der Waals surface area contributed by atoms with Gasteiger partial charge in [0.1, 0.15) is 17.2 Å². The molecule has 3 aromatic rings. The van der Waals surface area contributed by atoms with Crippen molar-refractivity contribution in [3.8, 4) is 0 Å². The van der Waals surface area contributed by atoms with Crippen LogP contribution in [0.15, 0.2) is 64.6 Å². The first-order chi connectivity index (χ1) is 19.8. The zero-order valence-electron chi connectivity index (χ0n) is 24.7. The van der Waals surface area contributed by atoms with Crippen LogP contribution in [0.3, 0.4) is 0 Å². The van der Waals surface area contributed by atoms with Gasteiger partial charge in [0.25, 0.3) is 5.56 Å². The van der Waals surface area contributed by atoms with Crippen LogP contribution in [-0.2, 0) is 6.54 Å². The first-order valence-corrected chi connectivity index (χ1v) is 14.7. The molecule has 6 rings (SSSR count). The lowest BCUT2D eigenvalue weighted by molar-refractivity contribution is 0.113. The van der Waals surface area contributed by atoms with Gasteiger partial charge >= 0.3 is 0 Å². The first-order valence-electron chi connectivity index (χ1n) is 14.7. The molecule has 1 aliphatic carbocycles. The third kappa shape index (κ3) is 5.71. The third-order valence-electron chi connectivity index (χ3n) is 8.06. The smallest absolute Gasteiger partial charge is 0.278 e. The number of allylic oxidation sites excluding steroid dienone is 1. The van der Waals surface area contributed by atoms with Gasteiger partial charge in [0, 0.05) is 50.2 Å². The van der Waals surface area contributed by atoms with E-state index < -0.39 is 11.8 Å². The van der Waals surface area contributed by atoms with Crippen LogP contribution < -0.4 is 15.8 Å². The molecular formula is C31H42N8O2. The van der Waals surface area contributed by atoms with Crippen LogP contribution >= 0.6 is 0 Å². The molecule has 1 aromatic carbocycles. The molecule has 4 heterocycles. The summed E-state index contributed by atoms with van der Waals surface area (Å²) < 4.78 is 3.46. The molecule has 0 amide bonds. The second-order valence-electron chi connectivity index (χ2n) is 11.0. The van der Waals surface area contributed by atoms with E-state index in [1.807, 2.05) is 37.6 Å². The largest absolute Gasteiger partial charge is 0.384 e. The van der Waals surface area contributed by atoms with Gasteiger partial charge in [0.2, 0.25) is 5.95 Å². The van der Waals surface area contributed by atoms with Gasteiger partial charge in [-0.1, -0.05) is 26.0 Å². The predicted octanol–water partition coefficient (Wildman–Crippen LogP) is 4.51. The number of dihydropyridines is 1. The summed E-state index contributed by atoms with van der Waals surface area (Å²) in [5.74, 6) is 0.406. The molecule has 10 nitrogen and oxygen atoms in total. The van der Waals surface area contributed by atoms with E-state index in [4.69, 9.17) is 9.98 Å². The van der Waals surface area contributed by atoms with Crippen molar-refractivity contribution in [1.29, 1.82) is 0 Å². The normalized spacial score (nSPS) is 22.8. The predicted molar refractivity (Wildman–Crippen MR) is 166 cm³/mol. The van der Waals surface area contributed by atoms with Gasteiger partial charge < -0.3 is 20.2 Å². The molecule has 2 atom stereocenters. The Labute approximate surface area is 241 Å². The van der Waals surface area contributed by atoms with E-state index in [-0.39, 0.29) is 5.56 Å². The number of likely N-dealkylation sites (N-methyl/N-ethyl adjacent to an activating group) is 1. The monoisotopic (exact) mass is 558 g/mol. The summed E-state index contributed by atoms with van der Waals surface area (Å²) in [5, 5.41) is 14.8. The van der Waals surface area contributed by atoms with Gasteiger partial charge in [-0.2, -0.15) is 4.98 Å². The van der Waals surface area contributed by atoms with Crippen molar-refractivity contribution in [2.75, 3.05) is 43.4 Å². The minimum Gasteiger partial charge on any atom is -0.384 e. The topological polar surface area (TPSA) is 104 Å². The van der Waals surface area contributed by atoms with Gasteiger partial charge in [-0.05, 0) is 63.1 Å². The highest BCUT2D eigenvalue weighted by Gasteiger charge is 2.37. The Morgan fingerprint density at radius 2 is 1.90 bits per heavy atom. The fourth-order valence-electron chi connectivity index (χ4n) is 5.88. The molecule has 2 aliphatic heterocycles. The number of anilines is 3. The third-order valence-corrected chi connectivity index (χ3v) is 8.06. The van der Waals surface area contributed by atoms with Crippen LogP contribution in [0.25, 0.3) is 11.0 Å². The molecule has 1 saturated heterocycles. The highest BCUT2D eigenvalue weighted by molar-refractivity contribution is 6.07. The maximum atomic E-state index is 13.3. The minimum absolute atomic E-state index is 0.182. The van der Waals surface area contributed by atoms with Crippen molar-refractivity contribution in [2.24, 2.45) is 4.99 Å². The number of aliphatic imine (C=N–C) groups is 1. The highest BCUT2D eigenvalue weighted by Crippen LogP contribution is 2.36. The summed E-state index contributed by atoms with van der Waals surface area (Å²) in [5.41, 5.74) is 3.24. The quantitative estimate of drug-likeness (QED) is 0.429. The van der Waals surface area contributed by atoms with Crippen LogP contribution in [-0.4, -0.2) is 73.9 Å². The summed E-state index contributed by atoms with van der Waals surface area (Å²) in [6.45, 7) is 14.1. The summed E-state index contributed by atoms with van der Waals surface area (Å²) in [4.78, 5) is 32.3. The molecule has 0 radical (unpaired) electrons. The summed E-state index contributed by atoms with van der Waals surface area (Å²) >= 11 is 0. The van der Waals surface area contributed by atoms with E-state index in [9.17, 15) is 9.90 Å². The van der Waals surface area contributed by atoms with Gasteiger partial charge in [0.15, 0.2) is 5.65 Å². The zero-order valence-corrected chi connectivity index (χ0v) is 24.7. The van der Waals surface area contributed by atoms with E-state index in [0.29, 0.717) is 36.4 Å². The van der Waals surface area contributed by atoms with Gasteiger partial charge in [0.05, 0.1) is 12.3 Å². The van der Waals surface area contributed by atoms with Crippen LogP contribution in [0.2, 0.25) is 0 Å². The van der Waals surface area contributed by atoms with Gasteiger partial charge in [-0.25, -0.2) is 14.3 Å². The number of nitrogens with one attached hydrogen (secondary N) is 1. The Hall–Kier alpha value is -3.76. The number of aromatic nitrogens is 4. The molecule has 10 heteroatoms. The number of nitrogens with zero attached hydrogens (tertiary/aromatic N) is 7. The molecule has 3 aliphatic rings. The van der Waals surface area contributed by atoms with Crippen LogP contribution in [0.5, 0.6) is 0 Å².